The van der Waals surface area contributed by atoms with E-state index in [4.69, 9.17) is 5.11 Å². The van der Waals surface area contributed by atoms with Gasteiger partial charge in [0, 0.05) is 19.5 Å². The van der Waals surface area contributed by atoms with Crippen LogP contribution in [0.5, 0.6) is 0 Å². The third-order valence-corrected chi connectivity index (χ3v) is 1.40. The number of hydrogen-bond donors (Lipinski definition) is 1. The Morgan fingerprint density at radius 3 is 2.60 bits per heavy atom. The summed E-state index contributed by atoms with van der Waals surface area (Å²) in [6.45, 7) is 1.68. The molecule has 58 valence electrons. The van der Waals surface area contributed by atoms with Crippen molar-refractivity contribution in [3.05, 3.63) is 0 Å². The van der Waals surface area contributed by atoms with Crippen LogP contribution < -0.4 is 0 Å². The quantitative estimate of drug-likeness (QED) is 0.591. The molecule has 0 rings (SSSR count). The zero-order chi connectivity index (χ0) is 8.15. The molecular formula is C6H11NO3. The summed E-state index contributed by atoms with van der Waals surface area (Å²) in [5, 5.41) is 8.39. The minimum Gasteiger partial charge on any atom is -0.465 e. The van der Waals surface area contributed by atoms with Crippen LogP contribution in [0.15, 0.2) is 0 Å². The number of nitrogens with zero attached hydrogens (tertiary/aromatic N) is 1. The van der Waals surface area contributed by atoms with Gasteiger partial charge in [0.05, 0.1) is 0 Å². The number of carboxylic acid groups (broad SMARTS) is 1. The molecule has 0 radical (unpaired) electrons. The lowest BCUT2D eigenvalue weighted by atomic mass is 10.2. The first kappa shape index (κ1) is 8.94. The summed E-state index contributed by atoms with van der Waals surface area (Å²) in [4.78, 5) is 21.3. The van der Waals surface area contributed by atoms with Crippen LogP contribution in [-0.4, -0.2) is 35.5 Å². The molecule has 1 amide bonds. The van der Waals surface area contributed by atoms with Gasteiger partial charge in [0.15, 0.2) is 0 Å². The number of hydrogen-bond acceptors (Lipinski definition) is 2. The van der Waals surface area contributed by atoms with Crippen molar-refractivity contribution in [3.8, 4) is 0 Å². The van der Waals surface area contributed by atoms with Crippen molar-refractivity contribution >= 4 is 12.4 Å². The van der Waals surface area contributed by atoms with E-state index in [-0.39, 0.29) is 12.5 Å². The first-order valence-corrected chi connectivity index (χ1v) is 2.99. The maximum atomic E-state index is 10.2. The van der Waals surface area contributed by atoms with Gasteiger partial charge in [-0.15, -0.1) is 0 Å². The van der Waals surface area contributed by atoms with Crippen molar-refractivity contribution in [2.24, 2.45) is 0 Å². The Bertz CT molecular complexity index is 135. The Morgan fingerprint density at radius 2 is 2.30 bits per heavy atom. The zero-order valence-corrected chi connectivity index (χ0v) is 6.07. The maximum Gasteiger partial charge on any atom is 0.407 e. The normalized spacial score (nSPS) is 12.2. The molecule has 4 heteroatoms. The molecule has 0 aromatic heterocycles. The fourth-order valence-corrected chi connectivity index (χ4v) is 0.486. The molecule has 0 saturated heterocycles. The van der Waals surface area contributed by atoms with Crippen LogP contribution in [0, 0.1) is 0 Å². The van der Waals surface area contributed by atoms with Crippen molar-refractivity contribution in [2.45, 2.75) is 19.4 Å². The molecule has 1 N–H and O–H groups in total. The van der Waals surface area contributed by atoms with E-state index in [1.165, 1.54) is 7.05 Å². The average molecular weight is 145 g/mol. The summed E-state index contributed by atoms with van der Waals surface area (Å²) in [5.41, 5.74) is 0. The zero-order valence-electron chi connectivity index (χ0n) is 6.07. The van der Waals surface area contributed by atoms with E-state index < -0.39 is 6.09 Å². The van der Waals surface area contributed by atoms with Gasteiger partial charge in [0.2, 0.25) is 0 Å². The second kappa shape index (κ2) is 3.87. The topological polar surface area (TPSA) is 57.6 Å². The Morgan fingerprint density at radius 1 is 1.80 bits per heavy atom. The highest BCUT2D eigenvalue weighted by atomic mass is 16.4. The Hall–Kier alpha value is -1.06. The largest absolute Gasteiger partial charge is 0.465 e. The molecule has 0 aromatic rings. The predicted molar refractivity (Wildman–Crippen MR) is 35.9 cm³/mol. The van der Waals surface area contributed by atoms with E-state index in [0.29, 0.717) is 6.29 Å². The van der Waals surface area contributed by atoms with E-state index in [1.807, 2.05) is 0 Å². The highest BCUT2D eigenvalue weighted by Gasteiger charge is 2.12. The summed E-state index contributed by atoms with van der Waals surface area (Å²) in [5.74, 6) is 0. The molecule has 0 aliphatic carbocycles. The number of carbonyl (C=O) groups excluding carboxylic acids is 1. The third kappa shape index (κ3) is 2.48. The van der Waals surface area contributed by atoms with Gasteiger partial charge in [-0.2, -0.15) is 0 Å². The minimum atomic E-state index is -1.01. The molecule has 0 aromatic carbocycles. The standard InChI is InChI=1S/C6H11NO3/c1-5(3-4-8)7(2)6(9)10/h4-5H,3H2,1-2H3,(H,9,10). The highest BCUT2D eigenvalue weighted by molar-refractivity contribution is 5.65. The molecule has 0 fully saturated rings. The van der Waals surface area contributed by atoms with Crippen LogP contribution in [0.1, 0.15) is 13.3 Å². The summed E-state index contributed by atoms with van der Waals surface area (Å²) in [6.07, 6.45) is -0.0400. The summed E-state index contributed by atoms with van der Waals surface area (Å²) in [6, 6.07) is -0.227. The van der Waals surface area contributed by atoms with Gasteiger partial charge in [-0.1, -0.05) is 0 Å². The van der Waals surface area contributed by atoms with Gasteiger partial charge in [-0.25, -0.2) is 4.79 Å². The molecule has 0 heterocycles. The molecule has 1 atom stereocenters. The van der Waals surface area contributed by atoms with Gasteiger partial charge in [0.25, 0.3) is 0 Å². The van der Waals surface area contributed by atoms with E-state index in [1.54, 1.807) is 6.92 Å². The highest BCUT2D eigenvalue weighted by Crippen LogP contribution is 1.97. The van der Waals surface area contributed by atoms with Crippen molar-refractivity contribution in [3.63, 3.8) is 0 Å². The SMILES string of the molecule is CC(CC=O)N(C)C(=O)O. The third-order valence-electron chi connectivity index (χ3n) is 1.40. The van der Waals surface area contributed by atoms with Crippen LogP contribution in [0.4, 0.5) is 4.79 Å². The molecule has 0 aliphatic heterocycles. The van der Waals surface area contributed by atoms with E-state index in [9.17, 15) is 9.59 Å². The summed E-state index contributed by atoms with van der Waals surface area (Å²) in [7, 11) is 1.44. The summed E-state index contributed by atoms with van der Waals surface area (Å²) >= 11 is 0. The number of carbonyl (C=O) groups is 2. The van der Waals surface area contributed by atoms with Crippen molar-refractivity contribution in [1.29, 1.82) is 0 Å². The molecule has 10 heavy (non-hydrogen) atoms. The molecule has 0 spiro atoms. The molecular weight excluding hydrogens is 134 g/mol. The fourth-order valence-electron chi connectivity index (χ4n) is 0.486. The predicted octanol–water partition coefficient (Wildman–Crippen LogP) is 0.574. The number of amides is 1. The van der Waals surface area contributed by atoms with Gasteiger partial charge in [0.1, 0.15) is 6.29 Å². The fraction of sp³-hybridized carbons (Fsp3) is 0.667. The van der Waals surface area contributed by atoms with Crippen molar-refractivity contribution in [2.75, 3.05) is 7.05 Å². The second-order valence-electron chi connectivity index (χ2n) is 2.14. The van der Waals surface area contributed by atoms with Gasteiger partial charge < -0.3 is 14.8 Å². The number of rotatable bonds is 3. The lowest BCUT2D eigenvalue weighted by molar-refractivity contribution is -0.108. The Labute approximate surface area is 59.4 Å². The van der Waals surface area contributed by atoms with E-state index in [0.717, 1.165) is 4.90 Å². The Kier molecular flexibility index (Phi) is 3.46. The molecule has 1 unspecified atom stereocenters. The van der Waals surface area contributed by atoms with Crippen LogP contribution in [0.2, 0.25) is 0 Å². The minimum absolute atomic E-state index is 0.227. The van der Waals surface area contributed by atoms with Crippen molar-refractivity contribution in [1.82, 2.24) is 4.90 Å². The summed E-state index contributed by atoms with van der Waals surface area (Å²) < 4.78 is 0. The van der Waals surface area contributed by atoms with Gasteiger partial charge in [-0.3, -0.25) is 0 Å². The monoisotopic (exact) mass is 145 g/mol. The number of aldehydes is 1. The maximum absolute atomic E-state index is 10.2. The van der Waals surface area contributed by atoms with Crippen LogP contribution in [0.25, 0.3) is 0 Å². The Balaban J connectivity index is 3.80. The van der Waals surface area contributed by atoms with Crippen LogP contribution in [-0.2, 0) is 4.79 Å². The average Bonchev–Trinajstić information content (AvgIpc) is 1.87. The molecule has 0 saturated carbocycles. The van der Waals surface area contributed by atoms with E-state index in [2.05, 4.69) is 0 Å². The first-order valence-electron chi connectivity index (χ1n) is 2.99. The van der Waals surface area contributed by atoms with E-state index >= 15 is 0 Å². The second-order valence-corrected chi connectivity index (χ2v) is 2.14. The lowest BCUT2D eigenvalue weighted by Gasteiger charge is -2.18. The lowest BCUT2D eigenvalue weighted by Crippen LogP contribution is -2.33. The first-order chi connectivity index (χ1) is 4.59. The molecule has 0 aliphatic rings. The van der Waals surface area contributed by atoms with Crippen molar-refractivity contribution < 1.29 is 14.7 Å². The van der Waals surface area contributed by atoms with Crippen LogP contribution >= 0.6 is 0 Å². The molecule has 4 nitrogen and oxygen atoms in total. The van der Waals surface area contributed by atoms with Gasteiger partial charge in [-0.05, 0) is 6.92 Å². The smallest absolute Gasteiger partial charge is 0.407 e. The van der Waals surface area contributed by atoms with Gasteiger partial charge >= 0.3 is 6.09 Å². The van der Waals surface area contributed by atoms with Crippen LogP contribution in [0.3, 0.4) is 0 Å². The molecule has 0 bridgehead atoms.